The molecule has 1 fully saturated rings. The van der Waals surface area contributed by atoms with Crippen LogP contribution in [0.4, 0.5) is 0 Å². The van der Waals surface area contributed by atoms with Crippen molar-refractivity contribution in [2.45, 2.75) is 32.2 Å². The van der Waals surface area contributed by atoms with Crippen molar-refractivity contribution in [3.05, 3.63) is 36.1 Å². The summed E-state index contributed by atoms with van der Waals surface area (Å²) in [5, 5.41) is 5.66. The number of fused-ring (bicyclic) bond motifs is 1. The second kappa shape index (κ2) is 4.52. The van der Waals surface area contributed by atoms with Crippen LogP contribution in [0.1, 0.15) is 25.5 Å². The molecular weight excluding hydrogens is 242 g/mol. The van der Waals surface area contributed by atoms with Gasteiger partial charge in [-0.15, -0.1) is 17.9 Å². The van der Waals surface area contributed by atoms with Gasteiger partial charge in [-0.1, -0.05) is 13.0 Å². The van der Waals surface area contributed by atoms with Crippen LogP contribution in [0.25, 0.3) is 4.96 Å². The van der Waals surface area contributed by atoms with Gasteiger partial charge in [0.2, 0.25) is 0 Å². The SMILES string of the molecule is C=CC(C)(CNC1CC1)Cc1cn2ccsc2n1. The first kappa shape index (κ1) is 11.9. The topological polar surface area (TPSA) is 29.3 Å². The van der Waals surface area contributed by atoms with Gasteiger partial charge in [0.15, 0.2) is 4.96 Å². The highest BCUT2D eigenvalue weighted by Gasteiger charge is 2.27. The van der Waals surface area contributed by atoms with Crippen molar-refractivity contribution in [1.82, 2.24) is 14.7 Å². The summed E-state index contributed by atoms with van der Waals surface area (Å²) in [6.45, 7) is 7.24. The van der Waals surface area contributed by atoms with E-state index in [0.29, 0.717) is 0 Å². The number of nitrogens with zero attached hydrogens (tertiary/aromatic N) is 2. The van der Waals surface area contributed by atoms with Crippen molar-refractivity contribution < 1.29 is 0 Å². The minimum absolute atomic E-state index is 0.0899. The van der Waals surface area contributed by atoms with Gasteiger partial charge in [-0.2, -0.15) is 0 Å². The summed E-state index contributed by atoms with van der Waals surface area (Å²) >= 11 is 1.68. The molecule has 1 atom stereocenters. The van der Waals surface area contributed by atoms with E-state index in [2.05, 4.69) is 52.1 Å². The highest BCUT2D eigenvalue weighted by Crippen LogP contribution is 2.26. The molecule has 0 bridgehead atoms. The van der Waals surface area contributed by atoms with E-state index in [4.69, 9.17) is 0 Å². The molecule has 96 valence electrons. The average molecular weight is 261 g/mol. The summed E-state index contributed by atoms with van der Waals surface area (Å²) in [6.07, 6.45) is 9.86. The van der Waals surface area contributed by atoms with Crippen LogP contribution >= 0.6 is 11.3 Å². The summed E-state index contributed by atoms with van der Waals surface area (Å²) in [7, 11) is 0. The highest BCUT2D eigenvalue weighted by molar-refractivity contribution is 7.15. The van der Waals surface area contributed by atoms with E-state index in [0.717, 1.165) is 29.7 Å². The quantitative estimate of drug-likeness (QED) is 0.810. The summed E-state index contributed by atoms with van der Waals surface area (Å²) in [4.78, 5) is 5.73. The zero-order valence-corrected chi connectivity index (χ0v) is 11.5. The Kier molecular flexibility index (Phi) is 2.99. The van der Waals surface area contributed by atoms with Gasteiger partial charge in [0.25, 0.3) is 0 Å². The Hall–Kier alpha value is -1.13. The lowest BCUT2D eigenvalue weighted by molar-refractivity contribution is 0.386. The average Bonchev–Trinajstić information content (AvgIpc) is 2.97. The fourth-order valence-electron chi connectivity index (χ4n) is 2.15. The van der Waals surface area contributed by atoms with Crippen molar-refractivity contribution in [2.75, 3.05) is 6.54 Å². The van der Waals surface area contributed by atoms with E-state index in [9.17, 15) is 0 Å². The number of thiazole rings is 1. The molecule has 0 aromatic carbocycles. The van der Waals surface area contributed by atoms with Gasteiger partial charge in [0.1, 0.15) is 0 Å². The third kappa shape index (κ3) is 2.49. The second-order valence-electron chi connectivity index (χ2n) is 5.52. The molecule has 3 nitrogen and oxygen atoms in total. The largest absolute Gasteiger partial charge is 0.313 e. The molecule has 1 N–H and O–H groups in total. The van der Waals surface area contributed by atoms with Crippen LogP contribution in [-0.2, 0) is 6.42 Å². The molecule has 1 aliphatic rings. The van der Waals surface area contributed by atoms with Crippen molar-refractivity contribution >= 4 is 16.3 Å². The number of imidazole rings is 1. The Labute approximate surface area is 112 Å². The maximum absolute atomic E-state index is 4.65. The molecule has 0 aliphatic heterocycles. The molecule has 0 saturated heterocycles. The standard InChI is InChI=1S/C14H19N3S/c1-3-14(2,10-15-11-4-5-11)8-12-9-17-6-7-18-13(17)16-12/h3,6-7,9,11,15H,1,4-5,8,10H2,2H3. The lowest BCUT2D eigenvalue weighted by Gasteiger charge is -2.25. The zero-order chi connectivity index (χ0) is 12.6. The summed E-state index contributed by atoms with van der Waals surface area (Å²) in [5.74, 6) is 0. The third-order valence-electron chi connectivity index (χ3n) is 3.59. The van der Waals surface area contributed by atoms with Gasteiger partial charge in [0.05, 0.1) is 5.69 Å². The first-order valence-electron chi connectivity index (χ1n) is 6.47. The Morgan fingerprint density at radius 1 is 1.67 bits per heavy atom. The van der Waals surface area contributed by atoms with E-state index in [1.54, 1.807) is 11.3 Å². The van der Waals surface area contributed by atoms with Crippen LogP contribution < -0.4 is 5.32 Å². The van der Waals surface area contributed by atoms with E-state index in [1.165, 1.54) is 12.8 Å². The number of aromatic nitrogens is 2. The molecule has 4 heteroatoms. The zero-order valence-electron chi connectivity index (χ0n) is 10.7. The van der Waals surface area contributed by atoms with Crippen molar-refractivity contribution in [2.24, 2.45) is 5.41 Å². The summed E-state index contributed by atoms with van der Waals surface area (Å²) in [5.41, 5.74) is 1.24. The number of hydrogen-bond acceptors (Lipinski definition) is 3. The van der Waals surface area contributed by atoms with Gasteiger partial charge in [-0.05, 0) is 12.8 Å². The maximum Gasteiger partial charge on any atom is 0.193 e. The minimum atomic E-state index is 0.0899. The van der Waals surface area contributed by atoms with Crippen LogP contribution in [0, 0.1) is 5.41 Å². The van der Waals surface area contributed by atoms with Crippen molar-refractivity contribution in [1.29, 1.82) is 0 Å². The Morgan fingerprint density at radius 2 is 2.50 bits per heavy atom. The molecule has 3 rings (SSSR count). The smallest absolute Gasteiger partial charge is 0.193 e. The van der Waals surface area contributed by atoms with E-state index >= 15 is 0 Å². The monoisotopic (exact) mass is 261 g/mol. The van der Waals surface area contributed by atoms with E-state index < -0.39 is 0 Å². The molecule has 2 aromatic heterocycles. The van der Waals surface area contributed by atoms with E-state index in [1.807, 2.05) is 0 Å². The molecule has 1 aliphatic carbocycles. The predicted octanol–water partition coefficient (Wildman–Crippen LogP) is 2.88. The highest BCUT2D eigenvalue weighted by atomic mass is 32.1. The second-order valence-corrected chi connectivity index (χ2v) is 6.39. The fourth-order valence-corrected chi connectivity index (χ4v) is 2.87. The lowest BCUT2D eigenvalue weighted by atomic mass is 9.85. The van der Waals surface area contributed by atoms with Crippen LogP contribution in [0.2, 0.25) is 0 Å². The van der Waals surface area contributed by atoms with Gasteiger partial charge < -0.3 is 5.32 Å². The molecule has 0 radical (unpaired) electrons. The minimum Gasteiger partial charge on any atom is -0.313 e. The van der Waals surface area contributed by atoms with Crippen LogP contribution in [0.5, 0.6) is 0 Å². The van der Waals surface area contributed by atoms with Crippen LogP contribution in [-0.4, -0.2) is 22.0 Å². The van der Waals surface area contributed by atoms with Crippen molar-refractivity contribution in [3.63, 3.8) is 0 Å². The van der Waals surface area contributed by atoms with Gasteiger partial charge >= 0.3 is 0 Å². The van der Waals surface area contributed by atoms with Crippen LogP contribution in [0.3, 0.4) is 0 Å². The molecule has 0 spiro atoms. The molecule has 2 heterocycles. The number of nitrogens with one attached hydrogen (secondary N) is 1. The molecule has 1 saturated carbocycles. The van der Waals surface area contributed by atoms with E-state index in [-0.39, 0.29) is 5.41 Å². The van der Waals surface area contributed by atoms with Gasteiger partial charge in [-0.25, -0.2) is 4.98 Å². The van der Waals surface area contributed by atoms with Crippen molar-refractivity contribution in [3.8, 4) is 0 Å². The lowest BCUT2D eigenvalue weighted by Crippen LogP contribution is -2.33. The predicted molar refractivity (Wildman–Crippen MR) is 76.1 cm³/mol. The molecular formula is C14H19N3S. The number of rotatable bonds is 6. The Morgan fingerprint density at radius 3 is 3.17 bits per heavy atom. The first-order chi connectivity index (χ1) is 8.68. The summed E-state index contributed by atoms with van der Waals surface area (Å²) in [6, 6.07) is 0.745. The number of hydrogen-bond donors (Lipinski definition) is 1. The van der Waals surface area contributed by atoms with Gasteiger partial charge in [0, 0.05) is 42.2 Å². The maximum atomic E-state index is 4.65. The Balaban J connectivity index is 1.71. The normalized spacial score (nSPS) is 18.9. The third-order valence-corrected chi connectivity index (χ3v) is 4.36. The Bertz CT molecular complexity index is 524. The fraction of sp³-hybridized carbons (Fsp3) is 0.500. The van der Waals surface area contributed by atoms with Gasteiger partial charge in [-0.3, -0.25) is 4.40 Å². The first-order valence-corrected chi connectivity index (χ1v) is 7.35. The molecule has 18 heavy (non-hydrogen) atoms. The molecule has 0 amide bonds. The molecule has 2 aromatic rings. The van der Waals surface area contributed by atoms with Crippen LogP contribution in [0.15, 0.2) is 30.4 Å². The summed E-state index contributed by atoms with van der Waals surface area (Å²) < 4.78 is 2.10. The molecule has 1 unspecified atom stereocenters.